The van der Waals surface area contributed by atoms with E-state index >= 15 is 0 Å². The van der Waals surface area contributed by atoms with Gasteiger partial charge in [-0.25, -0.2) is 0 Å². The van der Waals surface area contributed by atoms with Gasteiger partial charge in [-0.15, -0.1) is 0 Å². The molecule has 1 aromatic carbocycles. The Labute approximate surface area is 121 Å². The van der Waals surface area contributed by atoms with E-state index < -0.39 is 0 Å². The topological polar surface area (TPSA) is 44.7 Å². The molecule has 0 bridgehead atoms. The summed E-state index contributed by atoms with van der Waals surface area (Å²) >= 11 is 0. The Hall–Kier alpha value is -1.26. The first-order valence-corrected chi connectivity index (χ1v) is 7.65. The molecule has 1 unspecified atom stereocenters. The second-order valence-electron chi connectivity index (χ2n) is 5.24. The lowest BCUT2D eigenvalue weighted by Gasteiger charge is -2.35. The average Bonchev–Trinajstić information content (AvgIpc) is 2.49. The van der Waals surface area contributed by atoms with Crippen LogP contribution in [-0.2, 0) is 0 Å². The minimum absolute atomic E-state index is 0.266. The fraction of sp³-hybridized carbons (Fsp3) is 0.625. The Morgan fingerprint density at radius 1 is 1.35 bits per heavy atom. The summed E-state index contributed by atoms with van der Waals surface area (Å²) < 4.78 is 5.48. The molecule has 2 rings (SSSR count). The SMILES string of the molecule is CCOc1ccc(N2CCCC(NCCCO)C2)cc1. The summed E-state index contributed by atoms with van der Waals surface area (Å²) in [5.41, 5.74) is 1.27. The van der Waals surface area contributed by atoms with Crippen LogP contribution in [-0.4, -0.2) is 44.0 Å². The molecule has 1 heterocycles. The molecule has 1 fully saturated rings. The highest BCUT2D eigenvalue weighted by Crippen LogP contribution is 2.23. The van der Waals surface area contributed by atoms with E-state index in [1.165, 1.54) is 18.5 Å². The Morgan fingerprint density at radius 3 is 2.85 bits per heavy atom. The number of nitrogens with one attached hydrogen (secondary N) is 1. The van der Waals surface area contributed by atoms with Crippen molar-refractivity contribution < 1.29 is 9.84 Å². The largest absolute Gasteiger partial charge is 0.494 e. The third-order valence-corrected chi connectivity index (χ3v) is 3.70. The molecule has 0 aromatic heterocycles. The van der Waals surface area contributed by atoms with Gasteiger partial charge in [0.05, 0.1) is 6.61 Å². The predicted octanol–water partition coefficient (Wildman–Crippen LogP) is 2.03. The van der Waals surface area contributed by atoms with Crippen molar-refractivity contribution in [1.82, 2.24) is 5.32 Å². The maximum Gasteiger partial charge on any atom is 0.119 e. The number of aliphatic hydroxyl groups is 1. The van der Waals surface area contributed by atoms with E-state index in [2.05, 4.69) is 22.3 Å². The minimum atomic E-state index is 0.266. The van der Waals surface area contributed by atoms with Crippen LogP contribution in [0.2, 0.25) is 0 Å². The van der Waals surface area contributed by atoms with Gasteiger partial charge in [0.15, 0.2) is 0 Å². The van der Waals surface area contributed by atoms with Crippen LogP contribution < -0.4 is 15.0 Å². The molecule has 4 heteroatoms. The number of piperidine rings is 1. The number of nitrogens with zero attached hydrogens (tertiary/aromatic N) is 1. The molecule has 1 aliphatic rings. The van der Waals surface area contributed by atoms with E-state index in [1.807, 2.05) is 19.1 Å². The second-order valence-corrected chi connectivity index (χ2v) is 5.24. The second kappa shape index (κ2) is 8.12. The first-order chi connectivity index (χ1) is 9.83. The fourth-order valence-electron chi connectivity index (χ4n) is 2.68. The molecule has 0 spiro atoms. The van der Waals surface area contributed by atoms with Crippen LogP contribution in [0.15, 0.2) is 24.3 Å². The highest BCUT2D eigenvalue weighted by atomic mass is 16.5. The molecule has 112 valence electrons. The standard InChI is InChI=1S/C16H26N2O2/c1-2-20-16-8-6-15(7-9-16)18-11-3-5-14(13-18)17-10-4-12-19/h6-9,14,17,19H,2-5,10-13H2,1H3. The molecule has 2 N–H and O–H groups in total. The maximum atomic E-state index is 8.83. The van der Waals surface area contributed by atoms with Gasteiger partial charge < -0.3 is 20.1 Å². The van der Waals surface area contributed by atoms with E-state index in [0.717, 1.165) is 31.8 Å². The van der Waals surface area contributed by atoms with Crippen LogP contribution in [0.25, 0.3) is 0 Å². The van der Waals surface area contributed by atoms with E-state index in [0.29, 0.717) is 12.6 Å². The van der Waals surface area contributed by atoms with E-state index in [9.17, 15) is 0 Å². The number of anilines is 1. The smallest absolute Gasteiger partial charge is 0.119 e. The van der Waals surface area contributed by atoms with Crippen LogP contribution in [0.5, 0.6) is 5.75 Å². The molecule has 1 saturated heterocycles. The van der Waals surface area contributed by atoms with E-state index in [-0.39, 0.29) is 6.61 Å². The van der Waals surface area contributed by atoms with Gasteiger partial charge in [-0.3, -0.25) is 0 Å². The Balaban J connectivity index is 1.87. The van der Waals surface area contributed by atoms with Crippen LogP contribution in [0.3, 0.4) is 0 Å². The van der Waals surface area contributed by atoms with Crippen molar-refractivity contribution in [2.24, 2.45) is 0 Å². The Bertz CT molecular complexity index is 381. The van der Waals surface area contributed by atoms with Gasteiger partial charge >= 0.3 is 0 Å². The summed E-state index contributed by atoms with van der Waals surface area (Å²) in [5, 5.41) is 12.4. The van der Waals surface area contributed by atoms with Crippen molar-refractivity contribution in [1.29, 1.82) is 0 Å². The number of rotatable bonds is 7. The van der Waals surface area contributed by atoms with E-state index in [4.69, 9.17) is 9.84 Å². The number of ether oxygens (including phenoxy) is 1. The molecular formula is C16H26N2O2. The zero-order valence-corrected chi connectivity index (χ0v) is 12.3. The molecular weight excluding hydrogens is 252 g/mol. The quantitative estimate of drug-likeness (QED) is 0.749. The Morgan fingerprint density at radius 2 is 2.15 bits per heavy atom. The molecule has 4 nitrogen and oxygen atoms in total. The highest BCUT2D eigenvalue weighted by Gasteiger charge is 2.19. The van der Waals surface area contributed by atoms with Crippen LogP contribution in [0.4, 0.5) is 5.69 Å². The molecule has 0 amide bonds. The zero-order valence-electron chi connectivity index (χ0n) is 12.3. The first-order valence-electron chi connectivity index (χ1n) is 7.65. The van der Waals surface area contributed by atoms with Crippen molar-refractivity contribution in [3.63, 3.8) is 0 Å². The third kappa shape index (κ3) is 4.39. The summed E-state index contributed by atoms with van der Waals surface area (Å²) in [6.45, 7) is 6.04. The minimum Gasteiger partial charge on any atom is -0.494 e. The third-order valence-electron chi connectivity index (χ3n) is 3.70. The summed E-state index contributed by atoms with van der Waals surface area (Å²) in [7, 11) is 0. The van der Waals surface area contributed by atoms with Crippen molar-refractivity contribution in [2.75, 3.05) is 37.7 Å². The van der Waals surface area contributed by atoms with Gasteiger partial charge in [-0.1, -0.05) is 0 Å². The van der Waals surface area contributed by atoms with Crippen molar-refractivity contribution in [3.05, 3.63) is 24.3 Å². The summed E-state index contributed by atoms with van der Waals surface area (Å²) in [6.07, 6.45) is 3.27. The van der Waals surface area contributed by atoms with Crippen molar-refractivity contribution >= 4 is 5.69 Å². The summed E-state index contributed by atoms with van der Waals surface area (Å²) in [5.74, 6) is 0.936. The van der Waals surface area contributed by atoms with Gasteiger partial charge in [-0.05, 0) is 57.0 Å². The van der Waals surface area contributed by atoms with Crippen LogP contribution in [0, 0.1) is 0 Å². The molecule has 0 radical (unpaired) electrons. The Kier molecular flexibility index (Phi) is 6.15. The van der Waals surface area contributed by atoms with Crippen molar-refractivity contribution in [2.45, 2.75) is 32.2 Å². The first kappa shape index (κ1) is 15.1. The normalized spacial score (nSPS) is 19.1. The summed E-state index contributed by atoms with van der Waals surface area (Å²) in [6, 6.07) is 8.90. The number of hydrogen-bond acceptors (Lipinski definition) is 4. The molecule has 0 saturated carbocycles. The van der Waals surface area contributed by atoms with Gasteiger partial charge in [0, 0.05) is 31.4 Å². The molecule has 0 aliphatic carbocycles. The lowest BCUT2D eigenvalue weighted by atomic mass is 10.0. The molecule has 1 atom stereocenters. The molecule has 20 heavy (non-hydrogen) atoms. The lowest BCUT2D eigenvalue weighted by molar-refractivity contribution is 0.280. The fourth-order valence-corrected chi connectivity index (χ4v) is 2.68. The van der Waals surface area contributed by atoms with Crippen LogP contribution >= 0.6 is 0 Å². The zero-order chi connectivity index (χ0) is 14.2. The van der Waals surface area contributed by atoms with Gasteiger partial charge in [0.25, 0.3) is 0 Å². The van der Waals surface area contributed by atoms with Gasteiger partial charge in [-0.2, -0.15) is 0 Å². The molecule has 1 aromatic rings. The van der Waals surface area contributed by atoms with Crippen molar-refractivity contribution in [3.8, 4) is 5.75 Å². The predicted molar refractivity (Wildman–Crippen MR) is 82.6 cm³/mol. The number of aliphatic hydroxyl groups excluding tert-OH is 1. The maximum absolute atomic E-state index is 8.83. The summed E-state index contributed by atoms with van der Waals surface area (Å²) in [4.78, 5) is 2.43. The van der Waals surface area contributed by atoms with E-state index in [1.54, 1.807) is 0 Å². The van der Waals surface area contributed by atoms with Gasteiger partial charge in [0.1, 0.15) is 5.75 Å². The van der Waals surface area contributed by atoms with Crippen LogP contribution in [0.1, 0.15) is 26.2 Å². The van der Waals surface area contributed by atoms with Gasteiger partial charge in [0.2, 0.25) is 0 Å². The lowest BCUT2D eigenvalue weighted by Crippen LogP contribution is -2.46. The average molecular weight is 278 g/mol. The number of hydrogen-bond donors (Lipinski definition) is 2. The number of benzene rings is 1. The molecule has 1 aliphatic heterocycles. The monoisotopic (exact) mass is 278 g/mol. The highest BCUT2D eigenvalue weighted by molar-refractivity contribution is 5.49.